The molecule has 0 aromatic heterocycles. The van der Waals surface area contributed by atoms with Crippen molar-refractivity contribution in [2.24, 2.45) is 5.92 Å². The standard InChI is InChI=1S/C13H18BrF2NO/c1-8(2)6-17-7-9(3)18-12-5-10(14)4-11(15)13(12)16/h4-5,8-9,17H,6-7H2,1-3H3. The molecule has 0 amide bonds. The normalized spacial score (nSPS) is 12.8. The Kier molecular flexibility index (Phi) is 6.02. The average molecular weight is 322 g/mol. The van der Waals surface area contributed by atoms with Crippen molar-refractivity contribution >= 4 is 15.9 Å². The van der Waals surface area contributed by atoms with Crippen LogP contribution >= 0.6 is 15.9 Å². The summed E-state index contributed by atoms with van der Waals surface area (Å²) in [6.45, 7) is 7.46. The minimum atomic E-state index is -0.950. The first-order valence-electron chi connectivity index (χ1n) is 5.92. The first-order valence-corrected chi connectivity index (χ1v) is 6.71. The second-order valence-corrected chi connectivity index (χ2v) is 5.60. The largest absolute Gasteiger partial charge is 0.486 e. The molecular weight excluding hydrogens is 304 g/mol. The number of ether oxygens (including phenoxy) is 1. The molecule has 1 unspecified atom stereocenters. The van der Waals surface area contributed by atoms with E-state index in [0.717, 1.165) is 12.6 Å². The summed E-state index contributed by atoms with van der Waals surface area (Å²) in [6, 6.07) is 2.50. The molecule has 102 valence electrons. The van der Waals surface area contributed by atoms with E-state index in [1.54, 1.807) is 0 Å². The van der Waals surface area contributed by atoms with Crippen molar-refractivity contribution in [2.45, 2.75) is 26.9 Å². The third-order valence-corrected chi connectivity index (χ3v) is 2.73. The van der Waals surface area contributed by atoms with E-state index in [1.807, 2.05) is 6.92 Å². The molecule has 1 aromatic rings. The Balaban J connectivity index is 2.56. The predicted octanol–water partition coefficient (Wildman–Crippen LogP) is 3.74. The molecule has 0 aliphatic rings. The number of hydrogen-bond acceptors (Lipinski definition) is 2. The second-order valence-electron chi connectivity index (χ2n) is 4.68. The lowest BCUT2D eigenvalue weighted by atomic mass is 10.2. The topological polar surface area (TPSA) is 21.3 Å². The van der Waals surface area contributed by atoms with Crippen molar-refractivity contribution < 1.29 is 13.5 Å². The number of benzene rings is 1. The van der Waals surface area contributed by atoms with Gasteiger partial charge in [0.15, 0.2) is 11.6 Å². The minimum Gasteiger partial charge on any atom is -0.486 e. The van der Waals surface area contributed by atoms with Gasteiger partial charge in [0.2, 0.25) is 5.82 Å². The predicted molar refractivity (Wildman–Crippen MR) is 71.9 cm³/mol. The Morgan fingerprint density at radius 2 is 1.89 bits per heavy atom. The summed E-state index contributed by atoms with van der Waals surface area (Å²) in [5.74, 6) is -1.39. The Labute approximate surface area is 115 Å². The molecule has 0 radical (unpaired) electrons. The van der Waals surface area contributed by atoms with Gasteiger partial charge in [-0.2, -0.15) is 4.39 Å². The fraction of sp³-hybridized carbons (Fsp3) is 0.538. The van der Waals surface area contributed by atoms with Crippen LogP contribution in [-0.4, -0.2) is 19.2 Å². The highest BCUT2D eigenvalue weighted by atomic mass is 79.9. The molecule has 18 heavy (non-hydrogen) atoms. The monoisotopic (exact) mass is 321 g/mol. The van der Waals surface area contributed by atoms with Crippen molar-refractivity contribution in [1.29, 1.82) is 0 Å². The molecule has 0 saturated heterocycles. The number of halogens is 3. The number of rotatable bonds is 6. The summed E-state index contributed by atoms with van der Waals surface area (Å²) in [7, 11) is 0. The van der Waals surface area contributed by atoms with Crippen LogP contribution in [0.25, 0.3) is 0 Å². The summed E-state index contributed by atoms with van der Waals surface area (Å²) >= 11 is 3.11. The fourth-order valence-corrected chi connectivity index (χ4v) is 1.86. The molecule has 0 spiro atoms. The van der Waals surface area contributed by atoms with Crippen molar-refractivity contribution in [3.8, 4) is 5.75 Å². The van der Waals surface area contributed by atoms with E-state index in [2.05, 4.69) is 35.1 Å². The van der Waals surface area contributed by atoms with E-state index in [4.69, 9.17) is 4.74 Å². The molecule has 1 rings (SSSR count). The molecule has 1 N–H and O–H groups in total. The van der Waals surface area contributed by atoms with Gasteiger partial charge in [-0.3, -0.25) is 0 Å². The van der Waals surface area contributed by atoms with Crippen molar-refractivity contribution in [3.63, 3.8) is 0 Å². The summed E-state index contributed by atoms with van der Waals surface area (Å²) in [6.07, 6.45) is -0.230. The SMILES string of the molecule is CC(C)CNCC(C)Oc1cc(Br)cc(F)c1F. The van der Waals surface area contributed by atoms with Gasteiger partial charge < -0.3 is 10.1 Å². The summed E-state index contributed by atoms with van der Waals surface area (Å²) in [5.41, 5.74) is 0. The van der Waals surface area contributed by atoms with Crippen LogP contribution in [-0.2, 0) is 0 Å². The van der Waals surface area contributed by atoms with Crippen LogP contribution in [0.2, 0.25) is 0 Å². The van der Waals surface area contributed by atoms with Gasteiger partial charge in [-0.05, 0) is 31.5 Å². The van der Waals surface area contributed by atoms with Crippen LogP contribution in [0.5, 0.6) is 5.75 Å². The second kappa shape index (κ2) is 7.04. The fourth-order valence-electron chi connectivity index (χ4n) is 1.45. The van der Waals surface area contributed by atoms with Gasteiger partial charge in [0.25, 0.3) is 0 Å². The zero-order valence-electron chi connectivity index (χ0n) is 10.8. The first kappa shape index (κ1) is 15.4. The number of hydrogen-bond donors (Lipinski definition) is 1. The van der Waals surface area contributed by atoms with E-state index in [-0.39, 0.29) is 11.9 Å². The molecule has 0 aliphatic carbocycles. The van der Waals surface area contributed by atoms with Crippen LogP contribution in [0.15, 0.2) is 16.6 Å². The molecule has 2 nitrogen and oxygen atoms in total. The molecular formula is C13H18BrF2NO. The smallest absolute Gasteiger partial charge is 0.200 e. The van der Waals surface area contributed by atoms with Gasteiger partial charge in [-0.15, -0.1) is 0 Å². The molecule has 0 aliphatic heterocycles. The van der Waals surface area contributed by atoms with Gasteiger partial charge in [-0.25, -0.2) is 4.39 Å². The maximum absolute atomic E-state index is 13.5. The highest BCUT2D eigenvalue weighted by molar-refractivity contribution is 9.10. The van der Waals surface area contributed by atoms with Gasteiger partial charge in [0, 0.05) is 11.0 Å². The lowest BCUT2D eigenvalue weighted by Crippen LogP contribution is -2.31. The van der Waals surface area contributed by atoms with Gasteiger partial charge in [-0.1, -0.05) is 29.8 Å². The van der Waals surface area contributed by atoms with Gasteiger partial charge in [0.05, 0.1) is 0 Å². The van der Waals surface area contributed by atoms with E-state index in [9.17, 15) is 8.78 Å². The van der Waals surface area contributed by atoms with Crippen molar-refractivity contribution in [1.82, 2.24) is 5.32 Å². The first-order chi connectivity index (χ1) is 8.40. The van der Waals surface area contributed by atoms with E-state index in [1.165, 1.54) is 6.07 Å². The zero-order valence-corrected chi connectivity index (χ0v) is 12.4. The van der Waals surface area contributed by atoms with Gasteiger partial charge >= 0.3 is 0 Å². The lowest BCUT2D eigenvalue weighted by molar-refractivity contribution is 0.204. The minimum absolute atomic E-state index is 0.0688. The molecule has 0 fully saturated rings. The van der Waals surface area contributed by atoms with Crippen molar-refractivity contribution in [2.75, 3.05) is 13.1 Å². The molecule has 1 atom stereocenters. The highest BCUT2D eigenvalue weighted by Crippen LogP contribution is 2.26. The summed E-state index contributed by atoms with van der Waals surface area (Å²) < 4.78 is 32.4. The molecule has 0 bridgehead atoms. The Morgan fingerprint density at radius 1 is 1.22 bits per heavy atom. The van der Waals surface area contributed by atoms with Gasteiger partial charge in [0.1, 0.15) is 6.10 Å². The molecule has 5 heteroatoms. The summed E-state index contributed by atoms with van der Waals surface area (Å²) in [4.78, 5) is 0. The van der Waals surface area contributed by atoms with E-state index < -0.39 is 11.6 Å². The Hall–Kier alpha value is -0.680. The van der Waals surface area contributed by atoms with Crippen LogP contribution in [0.1, 0.15) is 20.8 Å². The maximum Gasteiger partial charge on any atom is 0.200 e. The van der Waals surface area contributed by atoms with Crippen LogP contribution in [0.4, 0.5) is 8.78 Å². The molecule has 0 saturated carbocycles. The summed E-state index contributed by atoms with van der Waals surface area (Å²) in [5, 5.41) is 3.20. The molecule has 1 aromatic carbocycles. The van der Waals surface area contributed by atoms with Crippen LogP contribution < -0.4 is 10.1 Å². The van der Waals surface area contributed by atoms with Crippen LogP contribution in [0, 0.1) is 17.6 Å². The Bertz CT molecular complexity index is 399. The quantitative estimate of drug-likeness (QED) is 0.806. The van der Waals surface area contributed by atoms with Crippen molar-refractivity contribution in [3.05, 3.63) is 28.2 Å². The average Bonchev–Trinajstić information content (AvgIpc) is 2.24. The van der Waals surface area contributed by atoms with Crippen LogP contribution in [0.3, 0.4) is 0 Å². The Morgan fingerprint density at radius 3 is 2.50 bits per heavy atom. The lowest BCUT2D eigenvalue weighted by Gasteiger charge is -2.17. The molecule has 0 heterocycles. The number of nitrogens with one attached hydrogen (secondary N) is 1. The third kappa shape index (κ3) is 4.90. The highest BCUT2D eigenvalue weighted by Gasteiger charge is 2.14. The third-order valence-electron chi connectivity index (χ3n) is 2.27. The zero-order chi connectivity index (χ0) is 13.7. The van der Waals surface area contributed by atoms with E-state index in [0.29, 0.717) is 16.9 Å². The maximum atomic E-state index is 13.5. The van der Waals surface area contributed by atoms with E-state index >= 15 is 0 Å².